The van der Waals surface area contributed by atoms with Crippen LogP contribution in [-0.4, -0.2) is 38.2 Å². The summed E-state index contributed by atoms with van der Waals surface area (Å²) in [5.41, 5.74) is -1.61. The van der Waals surface area contributed by atoms with Gasteiger partial charge < -0.3 is 9.47 Å². The van der Waals surface area contributed by atoms with Gasteiger partial charge in [0.25, 0.3) is 5.54 Å². The van der Waals surface area contributed by atoms with Gasteiger partial charge in [0, 0.05) is 23.3 Å². The van der Waals surface area contributed by atoms with Crippen LogP contribution in [0.25, 0.3) is 0 Å². The van der Waals surface area contributed by atoms with Crippen molar-refractivity contribution in [1.29, 1.82) is 0 Å². The molecule has 12 heteroatoms. The molecular formula is C15H16CrN2O9. The zero-order valence-electron chi connectivity index (χ0n) is 14.8. The first-order chi connectivity index (χ1) is 12.5. The largest absolute Gasteiger partial charge is 0 e. The molecule has 0 radical (unpaired) electrons. The van der Waals surface area contributed by atoms with E-state index in [2.05, 4.69) is 53.0 Å². The van der Waals surface area contributed by atoms with Gasteiger partial charge in [0.2, 0.25) is 0 Å². The molecule has 1 heterocycles. The third kappa shape index (κ3) is 11.9. The average molecular weight is 420 g/mol. The molecule has 0 bridgehead atoms. The molecule has 1 aliphatic heterocycles. The van der Waals surface area contributed by atoms with E-state index in [4.69, 9.17) is 23.3 Å². The van der Waals surface area contributed by atoms with Crippen LogP contribution in [0, 0.1) is 45.1 Å². The van der Waals surface area contributed by atoms with Crippen molar-refractivity contribution >= 4 is 11.9 Å². The van der Waals surface area contributed by atoms with Gasteiger partial charge in [0.1, 0.15) is 0 Å². The molecule has 0 aromatic carbocycles. The number of hydrogen-bond acceptors (Lipinski definition) is 6. The molecule has 27 heavy (non-hydrogen) atoms. The Morgan fingerprint density at radius 2 is 1.19 bits per heavy atom. The molecule has 1 rings (SSSR count). The van der Waals surface area contributed by atoms with Crippen LogP contribution < -0.4 is 0 Å². The standard InChI is InChI=1S/C10H16N2O4.5CO.Cr/c1-6(2)7-5-11-12-10(7,8(13)15-3)9(14)16-4;5*1-2;/h6-7H,5H2,1-4H3;;;;;;. The molecule has 1 atom stereocenters. The fraction of sp³-hybridized carbons (Fsp3) is 0.533. The van der Waals surface area contributed by atoms with E-state index < -0.39 is 17.5 Å². The van der Waals surface area contributed by atoms with Gasteiger partial charge in [-0.2, -0.15) is 10.2 Å². The van der Waals surface area contributed by atoms with Gasteiger partial charge >= 0.3 is 68.5 Å². The molecule has 1 unspecified atom stereocenters. The second-order valence-corrected chi connectivity index (χ2v) is 4.02. The van der Waals surface area contributed by atoms with Gasteiger partial charge in [-0.05, 0) is 5.92 Å². The molecule has 0 aliphatic carbocycles. The molecular weight excluding hydrogens is 404 g/mol. The summed E-state index contributed by atoms with van der Waals surface area (Å²) >= 11 is 0. The number of ether oxygens (including phenoxy) is 2. The maximum Gasteiger partial charge on any atom is 0 e. The van der Waals surface area contributed by atoms with E-state index in [9.17, 15) is 9.59 Å². The van der Waals surface area contributed by atoms with Gasteiger partial charge in [0.15, 0.2) is 0 Å². The van der Waals surface area contributed by atoms with Crippen LogP contribution in [0.1, 0.15) is 13.8 Å². The minimum atomic E-state index is -1.61. The summed E-state index contributed by atoms with van der Waals surface area (Å²) < 4.78 is 46.8. The Bertz CT molecular complexity index is 471. The maximum atomic E-state index is 11.8. The maximum absolute atomic E-state index is 11.8. The van der Waals surface area contributed by atoms with Crippen molar-refractivity contribution in [2.45, 2.75) is 19.4 Å². The Labute approximate surface area is 167 Å². The predicted molar refractivity (Wildman–Crippen MR) is 74.5 cm³/mol. The third-order valence-corrected chi connectivity index (χ3v) is 2.84. The van der Waals surface area contributed by atoms with Crippen molar-refractivity contribution < 1.29 is 59.7 Å². The van der Waals surface area contributed by atoms with Crippen LogP contribution in [0.5, 0.6) is 0 Å². The van der Waals surface area contributed by atoms with Crippen molar-refractivity contribution in [2.75, 3.05) is 20.8 Å². The molecule has 146 valence electrons. The normalized spacial score (nSPS) is 13.5. The SMILES string of the molecule is COC(=O)C1(C(=O)OC)N=NCC1C(C)C.[C-]#[O+].[C-]#[O+].[C-]#[O+].[C-]#[O+].[C-]#[O+].[Cr]. The number of esters is 2. The van der Waals surface area contributed by atoms with Gasteiger partial charge in [-0.1, -0.05) is 13.8 Å². The zero-order chi connectivity index (χ0) is 22.3. The van der Waals surface area contributed by atoms with Crippen LogP contribution in [0.4, 0.5) is 0 Å². The summed E-state index contributed by atoms with van der Waals surface area (Å²) in [4.78, 5) is 23.5. The second-order valence-electron chi connectivity index (χ2n) is 4.02. The van der Waals surface area contributed by atoms with E-state index >= 15 is 0 Å². The van der Waals surface area contributed by atoms with Gasteiger partial charge in [-0.15, -0.1) is 0 Å². The number of carbonyl (C=O) groups is 2. The minimum Gasteiger partial charge on any atom is 0 e. The monoisotopic (exact) mass is 420 g/mol. The van der Waals surface area contributed by atoms with E-state index in [-0.39, 0.29) is 29.2 Å². The van der Waals surface area contributed by atoms with Gasteiger partial charge in [0.05, 0.1) is 20.8 Å². The summed E-state index contributed by atoms with van der Waals surface area (Å²) in [6.45, 7) is 26.6. The Morgan fingerprint density at radius 3 is 1.41 bits per heavy atom. The number of methoxy groups -OCH3 is 2. The summed E-state index contributed by atoms with van der Waals surface area (Å²) in [5, 5.41) is 7.59. The summed E-state index contributed by atoms with van der Waals surface area (Å²) in [6.07, 6.45) is 0. The topological polar surface area (TPSA) is 177 Å². The third-order valence-electron chi connectivity index (χ3n) is 2.84. The average Bonchev–Trinajstić information content (AvgIpc) is 3.20. The van der Waals surface area contributed by atoms with Gasteiger partial charge in [-0.3, -0.25) is 0 Å². The van der Waals surface area contributed by atoms with Crippen LogP contribution >= 0.6 is 0 Å². The van der Waals surface area contributed by atoms with Gasteiger partial charge in [-0.25, -0.2) is 9.59 Å². The van der Waals surface area contributed by atoms with Crippen molar-refractivity contribution in [3.05, 3.63) is 33.3 Å². The summed E-state index contributed by atoms with van der Waals surface area (Å²) in [5.74, 6) is -1.65. The summed E-state index contributed by atoms with van der Waals surface area (Å²) in [7, 11) is 2.44. The first-order valence-electron chi connectivity index (χ1n) is 6.08. The Hall–Kier alpha value is -2.23. The predicted octanol–water partition coefficient (Wildman–Crippen LogP) is 0.619. The van der Waals surface area contributed by atoms with Crippen molar-refractivity contribution in [3.63, 3.8) is 0 Å². The van der Waals surface area contributed by atoms with E-state index in [1.807, 2.05) is 13.8 Å². The van der Waals surface area contributed by atoms with E-state index in [0.717, 1.165) is 0 Å². The Morgan fingerprint density at radius 1 is 0.889 bits per heavy atom. The fourth-order valence-corrected chi connectivity index (χ4v) is 1.92. The number of rotatable bonds is 3. The van der Waals surface area contributed by atoms with E-state index in [1.54, 1.807) is 0 Å². The molecule has 0 fully saturated rings. The molecule has 1 aliphatic rings. The molecule has 0 spiro atoms. The molecule has 0 aromatic rings. The van der Waals surface area contributed by atoms with Crippen LogP contribution in [0.15, 0.2) is 10.2 Å². The molecule has 0 N–H and O–H groups in total. The molecule has 0 saturated carbocycles. The molecule has 0 amide bonds. The van der Waals surface area contributed by atoms with Crippen LogP contribution in [0.2, 0.25) is 0 Å². The number of nitrogens with zero attached hydrogens (tertiary/aromatic N) is 2. The molecule has 0 saturated heterocycles. The second kappa shape index (κ2) is 28.6. The smallest absolute Gasteiger partial charge is 0 e. The van der Waals surface area contributed by atoms with E-state index in [1.165, 1.54) is 14.2 Å². The number of carbonyl (C=O) groups excluding carboxylic acids is 2. The van der Waals surface area contributed by atoms with Crippen molar-refractivity contribution in [1.82, 2.24) is 0 Å². The number of hydrogen-bond donors (Lipinski definition) is 0. The minimum absolute atomic E-state index is 0. The van der Waals surface area contributed by atoms with Crippen molar-refractivity contribution in [2.24, 2.45) is 22.1 Å². The quantitative estimate of drug-likeness (QED) is 0.281. The zero-order valence-corrected chi connectivity index (χ0v) is 16.1. The first kappa shape index (κ1) is 39.7. The number of azo groups is 1. The fourth-order valence-electron chi connectivity index (χ4n) is 1.92. The first-order valence-corrected chi connectivity index (χ1v) is 6.08. The van der Waals surface area contributed by atoms with Crippen molar-refractivity contribution in [3.8, 4) is 0 Å². The molecule has 11 nitrogen and oxygen atoms in total. The van der Waals surface area contributed by atoms with E-state index in [0.29, 0.717) is 6.54 Å². The Kier molecular flexibility index (Phi) is 42.0. The van der Waals surface area contributed by atoms with Crippen LogP contribution in [0.3, 0.4) is 0 Å². The molecule has 0 aromatic heterocycles. The van der Waals surface area contributed by atoms with Crippen LogP contribution in [-0.2, 0) is 59.7 Å². The Balaban J connectivity index is -0.0000000869. The summed E-state index contributed by atoms with van der Waals surface area (Å²) in [6, 6.07) is 0.